The molecule has 0 spiro atoms. The van der Waals surface area contributed by atoms with E-state index in [1.807, 2.05) is 42.2 Å². The molecule has 0 N–H and O–H groups in total. The van der Waals surface area contributed by atoms with Gasteiger partial charge in [0.25, 0.3) is 5.91 Å². The maximum Gasteiger partial charge on any atom is 0.253 e. The maximum atomic E-state index is 12.7. The number of amides is 1. The molecular formula is C22H26N2O4. The number of carbonyl (C=O) groups excluding carboxylic acids is 1. The van der Waals surface area contributed by atoms with Gasteiger partial charge in [0, 0.05) is 38.3 Å². The molecule has 0 unspecified atom stereocenters. The summed E-state index contributed by atoms with van der Waals surface area (Å²) >= 11 is 0. The molecule has 2 aliphatic rings. The van der Waals surface area contributed by atoms with E-state index < -0.39 is 0 Å². The standard InChI is InChI=1S/C22H26N2O4/c1-2-26-19-6-4-18(5-7-19)22(25)24-11-9-23(10-12-24)16-17-3-8-20-21(15-17)28-14-13-27-20/h3-8,15H,2,9-14,16H2,1H3. The van der Waals surface area contributed by atoms with Crippen molar-refractivity contribution >= 4 is 5.91 Å². The summed E-state index contributed by atoms with van der Waals surface area (Å²) < 4.78 is 16.7. The van der Waals surface area contributed by atoms with Crippen LogP contribution in [0.15, 0.2) is 42.5 Å². The van der Waals surface area contributed by atoms with E-state index in [1.165, 1.54) is 5.56 Å². The molecule has 4 rings (SSSR count). The van der Waals surface area contributed by atoms with Crippen LogP contribution < -0.4 is 14.2 Å². The lowest BCUT2D eigenvalue weighted by atomic mass is 10.1. The van der Waals surface area contributed by atoms with Gasteiger partial charge in [0.05, 0.1) is 6.61 Å². The van der Waals surface area contributed by atoms with Crippen LogP contribution in [0.1, 0.15) is 22.8 Å². The van der Waals surface area contributed by atoms with Crippen molar-refractivity contribution in [3.05, 3.63) is 53.6 Å². The summed E-state index contributed by atoms with van der Waals surface area (Å²) in [6.07, 6.45) is 0. The van der Waals surface area contributed by atoms with E-state index in [-0.39, 0.29) is 5.91 Å². The molecule has 1 amide bonds. The Morgan fingerprint density at radius 3 is 2.39 bits per heavy atom. The minimum atomic E-state index is 0.0852. The molecule has 0 bridgehead atoms. The van der Waals surface area contributed by atoms with Crippen molar-refractivity contribution in [2.24, 2.45) is 0 Å². The second-order valence-corrected chi connectivity index (χ2v) is 7.00. The zero-order valence-corrected chi connectivity index (χ0v) is 16.2. The fourth-order valence-electron chi connectivity index (χ4n) is 3.60. The zero-order valence-electron chi connectivity index (χ0n) is 16.2. The monoisotopic (exact) mass is 382 g/mol. The van der Waals surface area contributed by atoms with Crippen molar-refractivity contribution in [3.63, 3.8) is 0 Å². The first-order valence-corrected chi connectivity index (χ1v) is 9.86. The summed E-state index contributed by atoms with van der Waals surface area (Å²) in [6.45, 7) is 7.81. The summed E-state index contributed by atoms with van der Waals surface area (Å²) in [6, 6.07) is 13.5. The van der Waals surface area contributed by atoms with Crippen LogP contribution >= 0.6 is 0 Å². The summed E-state index contributed by atoms with van der Waals surface area (Å²) in [5, 5.41) is 0. The Morgan fingerprint density at radius 2 is 1.68 bits per heavy atom. The number of piperazine rings is 1. The molecule has 28 heavy (non-hydrogen) atoms. The first-order valence-electron chi connectivity index (χ1n) is 9.86. The van der Waals surface area contributed by atoms with Crippen LogP contribution in [0.4, 0.5) is 0 Å². The van der Waals surface area contributed by atoms with E-state index in [0.29, 0.717) is 25.4 Å². The van der Waals surface area contributed by atoms with Gasteiger partial charge >= 0.3 is 0 Å². The average molecular weight is 382 g/mol. The quantitative estimate of drug-likeness (QED) is 0.796. The van der Waals surface area contributed by atoms with Gasteiger partial charge in [-0.1, -0.05) is 6.07 Å². The fourth-order valence-corrected chi connectivity index (χ4v) is 3.60. The van der Waals surface area contributed by atoms with E-state index in [1.54, 1.807) is 0 Å². The van der Waals surface area contributed by atoms with Crippen molar-refractivity contribution in [2.45, 2.75) is 13.5 Å². The molecule has 1 saturated heterocycles. The Morgan fingerprint density at radius 1 is 0.964 bits per heavy atom. The van der Waals surface area contributed by atoms with E-state index >= 15 is 0 Å². The topological polar surface area (TPSA) is 51.2 Å². The largest absolute Gasteiger partial charge is 0.494 e. The number of ether oxygens (including phenoxy) is 3. The molecule has 2 heterocycles. The van der Waals surface area contributed by atoms with Gasteiger partial charge in [0.1, 0.15) is 19.0 Å². The molecule has 0 saturated carbocycles. The molecule has 2 aromatic rings. The van der Waals surface area contributed by atoms with Crippen molar-refractivity contribution < 1.29 is 19.0 Å². The van der Waals surface area contributed by atoms with Crippen LogP contribution in [0, 0.1) is 0 Å². The van der Waals surface area contributed by atoms with Crippen LogP contribution in [-0.2, 0) is 6.54 Å². The van der Waals surface area contributed by atoms with Gasteiger partial charge in [-0.2, -0.15) is 0 Å². The van der Waals surface area contributed by atoms with E-state index in [4.69, 9.17) is 14.2 Å². The molecule has 148 valence electrons. The predicted octanol–water partition coefficient (Wildman–Crippen LogP) is 2.81. The lowest BCUT2D eigenvalue weighted by Crippen LogP contribution is -2.48. The highest BCUT2D eigenvalue weighted by Crippen LogP contribution is 2.31. The molecule has 0 aromatic heterocycles. The summed E-state index contributed by atoms with van der Waals surface area (Å²) in [4.78, 5) is 17.0. The normalized spacial score (nSPS) is 16.7. The Kier molecular flexibility index (Phi) is 5.67. The molecule has 2 aromatic carbocycles. The maximum absolute atomic E-state index is 12.7. The highest BCUT2D eigenvalue weighted by molar-refractivity contribution is 5.94. The zero-order chi connectivity index (χ0) is 19.3. The number of nitrogens with zero attached hydrogens (tertiary/aromatic N) is 2. The molecule has 0 atom stereocenters. The molecule has 6 nitrogen and oxygen atoms in total. The molecule has 0 aliphatic carbocycles. The van der Waals surface area contributed by atoms with E-state index in [0.717, 1.165) is 50.0 Å². The van der Waals surface area contributed by atoms with Crippen LogP contribution in [0.2, 0.25) is 0 Å². The third-order valence-electron chi connectivity index (χ3n) is 5.08. The third kappa shape index (κ3) is 4.22. The van der Waals surface area contributed by atoms with Gasteiger partial charge in [0.15, 0.2) is 11.5 Å². The van der Waals surface area contributed by atoms with Gasteiger partial charge < -0.3 is 19.1 Å². The first kappa shape index (κ1) is 18.6. The smallest absolute Gasteiger partial charge is 0.253 e. The highest BCUT2D eigenvalue weighted by atomic mass is 16.6. The number of hydrogen-bond acceptors (Lipinski definition) is 5. The minimum absolute atomic E-state index is 0.0852. The van der Waals surface area contributed by atoms with E-state index in [2.05, 4.69) is 17.0 Å². The van der Waals surface area contributed by atoms with Gasteiger partial charge in [0.2, 0.25) is 0 Å². The van der Waals surface area contributed by atoms with Crippen molar-refractivity contribution in [1.29, 1.82) is 0 Å². The fraction of sp³-hybridized carbons (Fsp3) is 0.409. The van der Waals surface area contributed by atoms with Gasteiger partial charge in [-0.05, 0) is 48.9 Å². The van der Waals surface area contributed by atoms with Crippen LogP contribution in [0.25, 0.3) is 0 Å². The van der Waals surface area contributed by atoms with Gasteiger partial charge in [-0.15, -0.1) is 0 Å². The number of benzene rings is 2. The summed E-state index contributed by atoms with van der Waals surface area (Å²) in [5.74, 6) is 2.53. The Bertz CT molecular complexity index is 814. The SMILES string of the molecule is CCOc1ccc(C(=O)N2CCN(Cc3ccc4c(c3)OCCO4)CC2)cc1. The Hall–Kier alpha value is -2.73. The van der Waals surface area contributed by atoms with Gasteiger partial charge in [-0.3, -0.25) is 9.69 Å². The lowest BCUT2D eigenvalue weighted by molar-refractivity contribution is 0.0628. The second-order valence-electron chi connectivity index (χ2n) is 7.00. The van der Waals surface area contributed by atoms with Crippen LogP contribution in [-0.4, -0.2) is 61.7 Å². The molecule has 1 fully saturated rings. The third-order valence-corrected chi connectivity index (χ3v) is 5.08. The lowest BCUT2D eigenvalue weighted by Gasteiger charge is -2.35. The molecule has 2 aliphatic heterocycles. The van der Waals surface area contributed by atoms with Crippen molar-refractivity contribution in [2.75, 3.05) is 46.0 Å². The summed E-state index contributed by atoms with van der Waals surface area (Å²) in [7, 11) is 0. The number of carbonyl (C=O) groups is 1. The second kappa shape index (κ2) is 8.52. The predicted molar refractivity (Wildman–Crippen MR) is 106 cm³/mol. The van der Waals surface area contributed by atoms with Gasteiger partial charge in [-0.25, -0.2) is 0 Å². The Labute approximate surface area is 165 Å². The number of rotatable bonds is 5. The minimum Gasteiger partial charge on any atom is -0.494 e. The molecular weight excluding hydrogens is 356 g/mol. The van der Waals surface area contributed by atoms with Crippen LogP contribution in [0.5, 0.6) is 17.2 Å². The molecule has 6 heteroatoms. The average Bonchev–Trinajstić information content (AvgIpc) is 2.74. The van der Waals surface area contributed by atoms with Crippen LogP contribution in [0.3, 0.4) is 0 Å². The van der Waals surface area contributed by atoms with Crippen molar-refractivity contribution in [1.82, 2.24) is 9.80 Å². The number of hydrogen-bond donors (Lipinski definition) is 0. The van der Waals surface area contributed by atoms with E-state index in [9.17, 15) is 4.79 Å². The summed E-state index contributed by atoms with van der Waals surface area (Å²) in [5.41, 5.74) is 1.92. The Balaban J connectivity index is 1.31. The first-order chi connectivity index (χ1) is 13.7. The number of fused-ring (bicyclic) bond motifs is 1. The highest BCUT2D eigenvalue weighted by Gasteiger charge is 2.22. The van der Waals surface area contributed by atoms with Crippen molar-refractivity contribution in [3.8, 4) is 17.2 Å². The molecule has 0 radical (unpaired) electrons.